The summed E-state index contributed by atoms with van der Waals surface area (Å²) >= 11 is 0. The van der Waals surface area contributed by atoms with Crippen LogP contribution in [-0.2, 0) is 16.0 Å². The van der Waals surface area contributed by atoms with E-state index in [9.17, 15) is 9.59 Å². The second kappa shape index (κ2) is 11.2. The Morgan fingerprint density at radius 3 is 2.14 bits per heavy atom. The van der Waals surface area contributed by atoms with Crippen molar-refractivity contribution >= 4 is 22.8 Å². The summed E-state index contributed by atoms with van der Waals surface area (Å²) in [4.78, 5) is 25.9. The van der Waals surface area contributed by atoms with Gasteiger partial charge < -0.3 is 24.5 Å². The quantitative estimate of drug-likeness (QED) is 0.257. The number of H-pyrrole nitrogens is 1. The molecule has 4 aromatic rings. The van der Waals surface area contributed by atoms with Gasteiger partial charge in [-0.05, 0) is 65.6 Å². The zero-order chi connectivity index (χ0) is 24.6. The summed E-state index contributed by atoms with van der Waals surface area (Å²) in [6.07, 6.45) is 2.72. The van der Waals surface area contributed by atoms with Crippen molar-refractivity contribution in [2.45, 2.75) is 13.3 Å². The molecule has 0 radical (unpaired) electrons. The lowest BCUT2D eigenvalue weighted by molar-refractivity contribution is -0.118. The van der Waals surface area contributed by atoms with Gasteiger partial charge in [-0.2, -0.15) is 0 Å². The second-order valence-corrected chi connectivity index (χ2v) is 8.04. The van der Waals surface area contributed by atoms with E-state index in [0.717, 1.165) is 45.5 Å². The summed E-state index contributed by atoms with van der Waals surface area (Å²) < 4.78 is 16.4. The number of carbonyl (C=O) groups excluding carboxylic acids is 2. The minimum absolute atomic E-state index is 0.0298. The smallest absolute Gasteiger partial charge is 0.337 e. The predicted octanol–water partition coefficient (Wildman–Crippen LogP) is 4.76. The SMILES string of the molecule is COC(=O)c1ccc(-c2ccc(OCCOc3ccc4[nH]cc(CCNC(C)=O)c4c3)cc2)cc1. The van der Waals surface area contributed by atoms with Crippen LogP contribution in [-0.4, -0.2) is 43.7 Å². The van der Waals surface area contributed by atoms with Crippen molar-refractivity contribution in [3.8, 4) is 22.6 Å². The number of rotatable bonds is 10. The maximum Gasteiger partial charge on any atom is 0.337 e. The molecule has 1 amide bonds. The van der Waals surface area contributed by atoms with Crippen molar-refractivity contribution in [1.82, 2.24) is 10.3 Å². The van der Waals surface area contributed by atoms with Crippen LogP contribution in [0.2, 0.25) is 0 Å². The topological polar surface area (TPSA) is 89.7 Å². The Morgan fingerprint density at radius 2 is 1.49 bits per heavy atom. The van der Waals surface area contributed by atoms with E-state index in [0.29, 0.717) is 25.3 Å². The predicted molar refractivity (Wildman–Crippen MR) is 135 cm³/mol. The van der Waals surface area contributed by atoms with E-state index >= 15 is 0 Å². The Bertz CT molecular complexity index is 1290. The number of nitrogens with one attached hydrogen (secondary N) is 2. The van der Waals surface area contributed by atoms with Crippen LogP contribution in [0.5, 0.6) is 11.5 Å². The highest BCUT2D eigenvalue weighted by Crippen LogP contribution is 2.25. The Hall–Kier alpha value is -4.26. The highest BCUT2D eigenvalue weighted by atomic mass is 16.5. The van der Waals surface area contributed by atoms with Gasteiger partial charge in [-0.25, -0.2) is 4.79 Å². The molecule has 35 heavy (non-hydrogen) atoms. The van der Waals surface area contributed by atoms with Crippen molar-refractivity contribution in [3.05, 3.63) is 84.1 Å². The maximum atomic E-state index is 11.6. The van der Waals surface area contributed by atoms with E-state index in [-0.39, 0.29) is 11.9 Å². The zero-order valence-electron chi connectivity index (χ0n) is 19.8. The van der Waals surface area contributed by atoms with Gasteiger partial charge in [0.15, 0.2) is 0 Å². The van der Waals surface area contributed by atoms with Crippen LogP contribution in [0.15, 0.2) is 72.9 Å². The number of amides is 1. The highest BCUT2D eigenvalue weighted by Gasteiger charge is 2.07. The molecule has 4 rings (SSSR count). The molecule has 2 N–H and O–H groups in total. The van der Waals surface area contributed by atoms with Crippen molar-refractivity contribution in [2.75, 3.05) is 26.9 Å². The number of hydrogen-bond acceptors (Lipinski definition) is 5. The molecule has 0 aliphatic carbocycles. The molecule has 7 heteroatoms. The van der Waals surface area contributed by atoms with E-state index in [1.165, 1.54) is 14.0 Å². The number of fused-ring (bicyclic) bond motifs is 1. The largest absolute Gasteiger partial charge is 0.490 e. The number of ether oxygens (including phenoxy) is 3. The number of carbonyl (C=O) groups is 2. The molecule has 7 nitrogen and oxygen atoms in total. The van der Waals surface area contributed by atoms with E-state index in [2.05, 4.69) is 10.3 Å². The minimum atomic E-state index is -0.349. The third-order valence-corrected chi connectivity index (χ3v) is 5.62. The van der Waals surface area contributed by atoms with Crippen LogP contribution in [0, 0.1) is 0 Å². The molecular weight excluding hydrogens is 444 g/mol. The Balaban J connectivity index is 1.28. The summed E-state index contributed by atoms with van der Waals surface area (Å²) in [6.45, 7) is 2.93. The van der Waals surface area contributed by atoms with E-state index in [1.54, 1.807) is 12.1 Å². The summed E-state index contributed by atoms with van der Waals surface area (Å²) in [7, 11) is 1.37. The first kappa shape index (κ1) is 23.9. The first-order chi connectivity index (χ1) is 17.0. The zero-order valence-corrected chi connectivity index (χ0v) is 19.8. The maximum absolute atomic E-state index is 11.6. The lowest BCUT2D eigenvalue weighted by atomic mass is 10.0. The van der Waals surface area contributed by atoms with Crippen LogP contribution in [0.4, 0.5) is 0 Å². The monoisotopic (exact) mass is 472 g/mol. The fraction of sp³-hybridized carbons (Fsp3) is 0.214. The molecule has 0 saturated heterocycles. The van der Waals surface area contributed by atoms with Gasteiger partial charge in [-0.15, -0.1) is 0 Å². The fourth-order valence-electron chi connectivity index (χ4n) is 3.81. The molecule has 0 aliphatic rings. The van der Waals surface area contributed by atoms with Crippen molar-refractivity contribution in [1.29, 1.82) is 0 Å². The van der Waals surface area contributed by atoms with Crippen LogP contribution >= 0.6 is 0 Å². The summed E-state index contributed by atoms with van der Waals surface area (Å²) in [5.74, 6) is 1.15. The van der Waals surface area contributed by atoms with Gasteiger partial charge in [0.25, 0.3) is 0 Å². The average Bonchev–Trinajstić information content (AvgIpc) is 3.28. The van der Waals surface area contributed by atoms with Gasteiger partial charge >= 0.3 is 5.97 Å². The number of benzene rings is 3. The molecular formula is C28H28N2O5. The molecule has 0 fully saturated rings. The summed E-state index contributed by atoms with van der Waals surface area (Å²) in [5, 5.41) is 3.91. The van der Waals surface area contributed by atoms with Gasteiger partial charge in [0.1, 0.15) is 24.7 Å². The first-order valence-corrected chi connectivity index (χ1v) is 11.4. The number of esters is 1. The molecule has 180 valence electrons. The van der Waals surface area contributed by atoms with Crippen molar-refractivity contribution < 1.29 is 23.8 Å². The van der Waals surface area contributed by atoms with Crippen LogP contribution in [0.3, 0.4) is 0 Å². The number of methoxy groups -OCH3 is 1. The molecule has 0 bridgehead atoms. The number of aromatic amines is 1. The normalized spacial score (nSPS) is 10.7. The Morgan fingerprint density at radius 1 is 0.857 bits per heavy atom. The number of hydrogen-bond donors (Lipinski definition) is 2. The molecule has 0 aliphatic heterocycles. The summed E-state index contributed by atoms with van der Waals surface area (Å²) in [6, 6.07) is 21.0. The van der Waals surface area contributed by atoms with Gasteiger partial charge in [0, 0.05) is 30.6 Å². The molecule has 1 heterocycles. The highest BCUT2D eigenvalue weighted by molar-refractivity contribution is 5.90. The average molecular weight is 473 g/mol. The van der Waals surface area contributed by atoms with Crippen molar-refractivity contribution in [3.63, 3.8) is 0 Å². The lowest BCUT2D eigenvalue weighted by Crippen LogP contribution is -2.22. The van der Waals surface area contributed by atoms with Crippen LogP contribution in [0.25, 0.3) is 22.0 Å². The van der Waals surface area contributed by atoms with Gasteiger partial charge in [0.05, 0.1) is 12.7 Å². The van der Waals surface area contributed by atoms with Crippen LogP contribution in [0.1, 0.15) is 22.8 Å². The third kappa shape index (κ3) is 6.20. The van der Waals surface area contributed by atoms with Gasteiger partial charge in [0.2, 0.25) is 5.91 Å². The van der Waals surface area contributed by atoms with Crippen LogP contribution < -0.4 is 14.8 Å². The van der Waals surface area contributed by atoms with Crippen molar-refractivity contribution in [2.24, 2.45) is 0 Å². The second-order valence-electron chi connectivity index (χ2n) is 8.04. The number of aromatic nitrogens is 1. The van der Waals surface area contributed by atoms with E-state index in [1.807, 2.05) is 60.8 Å². The summed E-state index contributed by atoms with van der Waals surface area (Å²) in [5.41, 5.74) is 4.72. The Kier molecular flexibility index (Phi) is 7.67. The third-order valence-electron chi connectivity index (χ3n) is 5.62. The van der Waals surface area contributed by atoms with Gasteiger partial charge in [-0.3, -0.25) is 4.79 Å². The Labute approximate surface area is 204 Å². The molecule has 0 spiro atoms. The molecule has 3 aromatic carbocycles. The molecule has 0 atom stereocenters. The fourth-order valence-corrected chi connectivity index (χ4v) is 3.81. The molecule has 0 unspecified atom stereocenters. The molecule has 0 saturated carbocycles. The molecule has 1 aromatic heterocycles. The standard InChI is InChI=1S/C28H28N2O5/c1-19(31)29-14-13-23-18-30-27-12-11-25(17-26(23)27)35-16-15-34-24-9-7-21(8-10-24)20-3-5-22(6-4-20)28(32)33-2/h3-12,17-18,30H,13-16H2,1-2H3,(H,29,31). The van der Waals surface area contributed by atoms with E-state index in [4.69, 9.17) is 14.2 Å². The first-order valence-electron chi connectivity index (χ1n) is 11.4. The lowest BCUT2D eigenvalue weighted by Gasteiger charge is -2.10. The minimum Gasteiger partial charge on any atom is -0.490 e. The van der Waals surface area contributed by atoms with E-state index < -0.39 is 0 Å². The van der Waals surface area contributed by atoms with Gasteiger partial charge in [-0.1, -0.05) is 24.3 Å².